The van der Waals surface area contributed by atoms with Crippen LogP contribution in [-0.4, -0.2) is 31.8 Å². The summed E-state index contributed by atoms with van der Waals surface area (Å²) in [6.45, 7) is 5.89. The highest BCUT2D eigenvalue weighted by Crippen LogP contribution is 2.31. The number of ether oxygens (including phenoxy) is 1. The van der Waals surface area contributed by atoms with Crippen molar-refractivity contribution in [2.75, 3.05) is 12.3 Å². The monoisotopic (exact) mass is 512 g/mol. The third kappa shape index (κ3) is 5.68. The summed E-state index contributed by atoms with van der Waals surface area (Å²) in [6, 6.07) is 15.0. The largest absolute Gasteiger partial charge is 0.384 e. The second kappa shape index (κ2) is 11.0. The van der Waals surface area contributed by atoms with Gasteiger partial charge in [-0.25, -0.2) is 4.98 Å². The fourth-order valence-electron chi connectivity index (χ4n) is 4.89. The van der Waals surface area contributed by atoms with Crippen LogP contribution in [0.15, 0.2) is 65.7 Å². The van der Waals surface area contributed by atoms with Crippen molar-refractivity contribution in [3.8, 4) is 0 Å². The molecular formula is C29H32N6O3. The minimum atomic E-state index is -0.242. The number of aryl methyl sites for hydroxylation is 2. The van der Waals surface area contributed by atoms with E-state index >= 15 is 0 Å². The molecule has 1 aliphatic heterocycles. The van der Waals surface area contributed by atoms with E-state index in [9.17, 15) is 9.59 Å². The number of anilines is 1. The summed E-state index contributed by atoms with van der Waals surface area (Å²) >= 11 is 0. The predicted molar refractivity (Wildman–Crippen MR) is 145 cm³/mol. The van der Waals surface area contributed by atoms with E-state index in [0.29, 0.717) is 37.8 Å². The first kappa shape index (κ1) is 25.4. The summed E-state index contributed by atoms with van der Waals surface area (Å²) in [5.41, 5.74) is 11.8. The molecule has 0 aliphatic carbocycles. The molecule has 1 aliphatic rings. The van der Waals surface area contributed by atoms with Crippen molar-refractivity contribution in [1.29, 1.82) is 0 Å². The van der Waals surface area contributed by atoms with Crippen molar-refractivity contribution < 1.29 is 9.53 Å². The first-order valence-corrected chi connectivity index (χ1v) is 12.8. The van der Waals surface area contributed by atoms with Crippen LogP contribution in [0.4, 0.5) is 5.82 Å². The molecule has 3 aromatic heterocycles. The van der Waals surface area contributed by atoms with Crippen molar-refractivity contribution in [3.63, 3.8) is 0 Å². The molecule has 0 bridgehead atoms. The molecule has 9 nitrogen and oxygen atoms in total. The maximum atomic E-state index is 13.3. The van der Waals surface area contributed by atoms with Crippen LogP contribution < -0.4 is 16.6 Å². The van der Waals surface area contributed by atoms with Crippen molar-refractivity contribution in [2.45, 2.75) is 52.4 Å². The Balaban J connectivity index is 1.32. The van der Waals surface area contributed by atoms with Gasteiger partial charge in [-0.2, -0.15) is 5.10 Å². The molecule has 0 spiro atoms. The zero-order valence-electron chi connectivity index (χ0n) is 21.7. The van der Waals surface area contributed by atoms with Gasteiger partial charge in [0.25, 0.3) is 11.5 Å². The number of nitrogens with zero attached hydrogens (tertiary/aromatic N) is 4. The SMILES string of the molecule is Cc1cc(N)nc(C)c1CNC(=O)c1nn(Cc2ccc(Cn3ccccc3=O)cc2)cc1C1CCCO1. The molecule has 9 heteroatoms. The minimum Gasteiger partial charge on any atom is -0.384 e. The summed E-state index contributed by atoms with van der Waals surface area (Å²) in [7, 11) is 0. The van der Waals surface area contributed by atoms with Crippen molar-refractivity contribution >= 4 is 11.7 Å². The highest BCUT2D eigenvalue weighted by atomic mass is 16.5. The molecule has 1 unspecified atom stereocenters. The summed E-state index contributed by atoms with van der Waals surface area (Å²) in [5.74, 6) is 0.227. The lowest BCUT2D eigenvalue weighted by Gasteiger charge is -2.12. The number of nitrogens with one attached hydrogen (secondary N) is 1. The summed E-state index contributed by atoms with van der Waals surface area (Å²) in [6.07, 6.45) is 5.38. The molecule has 4 aromatic rings. The average Bonchev–Trinajstić information content (AvgIpc) is 3.56. The van der Waals surface area contributed by atoms with Gasteiger partial charge in [0.1, 0.15) is 5.82 Å². The van der Waals surface area contributed by atoms with Gasteiger partial charge in [-0.3, -0.25) is 14.3 Å². The lowest BCUT2D eigenvalue weighted by molar-refractivity contribution is 0.0920. The summed E-state index contributed by atoms with van der Waals surface area (Å²) in [5, 5.41) is 7.68. The van der Waals surface area contributed by atoms with Crippen LogP contribution in [0.3, 0.4) is 0 Å². The van der Waals surface area contributed by atoms with Gasteiger partial charge in [-0.15, -0.1) is 0 Å². The van der Waals surface area contributed by atoms with Crippen LogP contribution in [0.5, 0.6) is 0 Å². The molecular weight excluding hydrogens is 480 g/mol. The van der Waals surface area contributed by atoms with Crippen molar-refractivity contribution in [3.05, 3.63) is 110 Å². The highest BCUT2D eigenvalue weighted by molar-refractivity contribution is 5.93. The predicted octanol–water partition coefficient (Wildman–Crippen LogP) is 3.52. The summed E-state index contributed by atoms with van der Waals surface area (Å²) < 4.78 is 9.37. The molecule has 196 valence electrons. The number of carbonyl (C=O) groups is 1. The molecule has 0 saturated carbocycles. The Morgan fingerprint density at radius 1 is 1.13 bits per heavy atom. The smallest absolute Gasteiger partial charge is 0.272 e. The molecule has 5 rings (SSSR count). The van der Waals surface area contributed by atoms with E-state index in [1.54, 1.807) is 27.6 Å². The van der Waals surface area contributed by atoms with E-state index < -0.39 is 0 Å². The number of aromatic nitrogens is 4. The van der Waals surface area contributed by atoms with Crippen LogP contribution >= 0.6 is 0 Å². The maximum absolute atomic E-state index is 13.3. The zero-order valence-corrected chi connectivity index (χ0v) is 21.7. The van der Waals surface area contributed by atoms with E-state index in [1.165, 1.54) is 0 Å². The number of hydrogen-bond donors (Lipinski definition) is 2. The Morgan fingerprint density at radius 2 is 1.89 bits per heavy atom. The Kier molecular flexibility index (Phi) is 7.37. The van der Waals surface area contributed by atoms with E-state index in [2.05, 4.69) is 15.4 Å². The van der Waals surface area contributed by atoms with Gasteiger partial charge >= 0.3 is 0 Å². The zero-order chi connectivity index (χ0) is 26.6. The number of nitrogens with two attached hydrogens (primary N) is 1. The average molecular weight is 513 g/mol. The number of amides is 1. The molecule has 1 atom stereocenters. The molecule has 38 heavy (non-hydrogen) atoms. The topological polar surface area (TPSA) is 117 Å². The fraction of sp³-hybridized carbons (Fsp3) is 0.310. The number of benzene rings is 1. The van der Waals surface area contributed by atoms with Gasteiger partial charge in [-0.05, 0) is 61.1 Å². The molecule has 1 saturated heterocycles. The quantitative estimate of drug-likeness (QED) is 0.373. The normalized spacial score (nSPS) is 15.1. The number of nitrogen functional groups attached to an aromatic ring is 1. The third-order valence-corrected chi connectivity index (χ3v) is 6.90. The summed E-state index contributed by atoms with van der Waals surface area (Å²) in [4.78, 5) is 29.6. The van der Waals surface area contributed by atoms with Gasteiger partial charge < -0.3 is 20.4 Å². The Bertz CT molecular complexity index is 1480. The van der Waals surface area contributed by atoms with Crippen LogP contribution in [0.1, 0.15) is 62.9 Å². The number of carbonyl (C=O) groups excluding carboxylic acids is 1. The molecule has 1 aromatic carbocycles. The van der Waals surface area contributed by atoms with Crippen LogP contribution in [0.2, 0.25) is 0 Å². The van der Waals surface area contributed by atoms with Gasteiger partial charge in [-0.1, -0.05) is 30.3 Å². The van der Waals surface area contributed by atoms with Crippen LogP contribution in [-0.2, 0) is 24.4 Å². The maximum Gasteiger partial charge on any atom is 0.272 e. The Morgan fingerprint density at radius 3 is 2.58 bits per heavy atom. The van der Waals surface area contributed by atoms with E-state index in [1.807, 2.05) is 56.4 Å². The van der Waals surface area contributed by atoms with Crippen LogP contribution in [0.25, 0.3) is 0 Å². The van der Waals surface area contributed by atoms with E-state index in [0.717, 1.165) is 46.4 Å². The van der Waals surface area contributed by atoms with Gasteiger partial charge in [0.2, 0.25) is 0 Å². The second-order valence-electron chi connectivity index (χ2n) is 9.73. The molecule has 1 amide bonds. The van der Waals surface area contributed by atoms with Gasteiger partial charge in [0, 0.05) is 42.9 Å². The first-order valence-electron chi connectivity index (χ1n) is 12.8. The first-order chi connectivity index (χ1) is 18.4. The lowest BCUT2D eigenvalue weighted by atomic mass is 10.1. The number of rotatable bonds is 8. The third-order valence-electron chi connectivity index (χ3n) is 6.90. The number of hydrogen-bond acceptors (Lipinski definition) is 6. The fourth-order valence-corrected chi connectivity index (χ4v) is 4.89. The van der Waals surface area contributed by atoms with Crippen molar-refractivity contribution in [1.82, 2.24) is 24.6 Å². The molecule has 0 radical (unpaired) electrons. The Labute approximate surface area is 221 Å². The standard InChI is InChI=1S/C29H32N6O3/c1-19-14-26(30)32-20(2)23(19)15-31-29(37)28-24(25-6-5-13-38-25)18-35(33-28)17-22-10-8-21(9-11-22)16-34-12-4-3-7-27(34)36/h3-4,7-12,14,18,25H,5-6,13,15-17H2,1-2H3,(H2,30,32)(H,31,37). The Hall–Kier alpha value is -4.24. The molecule has 3 N–H and O–H groups in total. The molecule has 4 heterocycles. The highest BCUT2D eigenvalue weighted by Gasteiger charge is 2.27. The molecule has 1 fully saturated rings. The lowest BCUT2D eigenvalue weighted by Crippen LogP contribution is -2.26. The van der Waals surface area contributed by atoms with E-state index in [-0.39, 0.29) is 17.6 Å². The van der Waals surface area contributed by atoms with E-state index in [4.69, 9.17) is 10.5 Å². The van der Waals surface area contributed by atoms with Crippen LogP contribution in [0, 0.1) is 13.8 Å². The number of pyridine rings is 2. The van der Waals surface area contributed by atoms with Gasteiger partial charge in [0.15, 0.2) is 5.69 Å². The van der Waals surface area contributed by atoms with Gasteiger partial charge in [0.05, 0.1) is 19.2 Å². The minimum absolute atomic E-state index is 0.0291. The second-order valence-corrected chi connectivity index (χ2v) is 9.73. The van der Waals surface area contributed by atoms with Crippen molar-refractivity contribution in [2.24, 2.45) is 0 Å².